The Bertz CT molecular complexity index is 892. The highest BCUT2D eigenvalue weighted by Crippen LogP contribution is 2.24. The molecule has 0 aromatic carbocycles. The van der Waals surface area contributed by atoms with Gasteiger partial charge in [-0.3, -0.25) is 14.6 Å². The molecule has 5 atom stereocenters. The van der Waals surface area contributed by atoms with Gasteiger partial charge in [0.05, 0.1) is 18.3 Å². The molecule has 0 radical (unpaired) electrons. The zero-order valence-electron chi connectivity index (χ0n) is 41.6. The van der Waals surface area contributed by atoms with E-state index in [-0.39, 0.29) is 30.3 Å². The van der Waals surface area contributed by atoms with E-state index < -0.39 is 6.10 Å². The zero-order valence-corrected chi connectivity index (χ0v) is 41.6. The van der Waals surface area contributed by atoms with Crippen molar-refractivity contribution >= 4 is 5.97 Å². The minimum absolute atomic E-state index is 0.0836. The van der Waals surface area contributed by atoms with Crippen LogP contribution in [0.15, 0.2) is 0 Å². The second-order valence-corrected chi connectivity index (χ2v) is 19.8. The Morgan fingerprint density at radius 3 is 1.23 bits per heavy atom. The van der Waals surface area contributed by atoms with Gasteiger partial charge in [0, 0.05) is 26.2 Å². The third-order valence-corrected chi connectivity index (χ3v) is 13.6. The van der Waals surface area contributed by atoms with Crippen molar-refractivity contribution in [1.29, 1.82) is 0 Å². The first-order valence-electron chi connectivity index (χ1n) is 27.5. The molecule has 0 bridgehead atoms. The molecule has 1 rings (SSSR count). The lowest BCUT2D eigenvalue weighted by molar-refractivity contribution is -0.168. The molecule has 0 aromatic rings. The molecule has 1 aliphatic heterocycles. The normalized spacial score (nSPS) is 17.6. The molecule has 364 valence electrons. The summed E-state index contributed by atoms with van der Waals surface area (Å²) < 4.78 is 6.13. The Balaban J connectivity index is 2.74. The summed E-state index contributed by atoms with van der Waals surface area (Å²) in [5.74, 6) is -0.103. The van der Waals surface area contributed by atoms with Crippen molar-refractivity contribution in [3.63, 3.8) is 0 Å². The molecule has 7 nitrogen and oxygen atoms in total. The van der Waals surface area contributed by atoms with Crippen molar-refractivity contribution in [2.45, 2.75) is 309 Å². The second kappa shape index (κ2) is 43.2. The van der Waals surface area contributed by atoms with Crippen LogP contribution < -0.4 is 0 Å². The fourth-order valence-corrected chi connectivity index (χ4v) is 9.59. The molecule has 0 aromatic heterocycles. The van der Waals surface area contributed by atoms with Gasteiger partial charge in [0.15, 0.2) is 0 Å². The highest BCUT2D eigenvalue weighted by molar-refractivity contribution is 5.76. The molecule has 3 N–H and O–H groups in total. The van der Waals surface area contributed by atoms with Gasteiger partial charge in [0.1, 0.15) is 12.1 Å². The number of nitrogens with zero attached hydrogens (tertiary/aromatic N) is 2. The van der Waals surface area contributed by atoms with E-state index in [0.717, 1.165) is 83.7 Å². The standard InChI is InChI=1S/C54H108N2O5/c1-5-9-13-17-21-25-29-33-39-49(57)45-55(46-50(58)40-34-30-26-22-18-14-10-6-2)44-38-37-43-53-54(60)61-52(42-36-32-28-24-20-16-12-8-4)48-56(53)47-51(59)41-35-31-27-23-19-15-11-7-3/h49-53,57-59H,5-48H2,1-4H3. The van der Waals surface area contributed by atoms with Crippen LogP contribution in [0.1, 0.15) is 278 Å². The van der Waals surface area contributed by atoms with Crippen molar-refractivity contribution in [3.8, 4) is 0 Å². The number of cyclic esters (lactones) is 1. The first-order chi connectivity index (χ1) is 29.8. The lowest BCUT2D eigenvalue weighted by atomic mass is 10.00. The monoisotopic (exact) mass is 865 g/mol. The maximum absolute atomic E-state index is 13.7. The lowest BCUT2D eigenvalue weighted by Crippen LogP contribution is -2.54. The van der Waals surface area contributed by atoms with Gasteiger partial charge in [-0.05, 0) is 51.5 Å². The number of carbonyl (C=O) groups is 1. The van der Waals surface area contributed by atoms with Gasteiger partial charge < -0.3 is 20.1 Å². The minimum Gasteiger partial charge on any atom is -0.460 e. The third-order valence-electron chi connectivity index (χ3n) is 13.6. The average molecular weight is 865 g/mol. The van der Waals surface area contributed by atoms with Gasteiger partial charge in [0.2, 0.25) is 0 Å². The molecule has 1 heterocycles. The molecule has 7 heteroatoms. The fraction of sp³-hybridized carbons (Fsp3) is 0.981. The Morgan fingerprint density at radius 2 is 0.820 bits per heavy atom. The number of carbonyl (C=O) groups excluding carboxylic acids is 1. The summed E-state index contributed by atoms with van der Waals surface area (Å²) in [6, 6.07) is -0.309. The fourth-order valence-electron chi connectivity index (χ4n) is 9.59. The number of morpholine rings is 1. The first-order valence-corrected chi connectivity index (χ1v) is 27.5. The molecular weight excluding hydrogens is 757 g/mol. The summed E-state index contributed by atoms with van der Waals surface area (Å²) in [6.45, 7) is 12.4. The third kappa shape index (κ3) is 35.2. The number of esters is 1. The number of unbranched alkanes of at least 4 members (excludes halogenated alkanes) is 29. The quantitative estimate of drug-likeness (QED) is 0.0414. The van der Waals surface area contributed by atoms with Crippen LogP contribution in [0.2, 0.25) is 0 Å². The van der Waals surface area contributed by atoms with Crippen LogP contribution in [0, 0.1) is 0 Å². The van der Waals surface area contributed by atoms with Crippen molar-refractivity contribution in [2.75, 3.05) is 32.7 Å². The highest BCUT2D eigenvalue weighted by Gasteiger charge is 2.36. The van der Waals surface area contributed by atoms with Crippen molar-refractivity contribution in [2.24, 2.45) is 0 Å². The Labute approximate surface area is 380 Å². The summed E-state index contributed by atoms with van der Waals surface area (Å²) in [7, 11) is 0. The van der Waals surface area contributed by atoms with E-state index in [4.69, 9.17) is 4.74 Å². The van der Waals surface area contributed by atoms with Crippen LogP contribution in [-0.4, -0.2) is 94.3 Å². The minimum atomic E-state index is -0.419. The number of rotatable bonds is 47. The maximum atomic E-state index is 13.7. The predicted molar refractivity (Wildman–Crippen MR) is 262 cm³/mol. The van der Waals surface area contributed by atoms with Gasteiger partial charge in [-0.25, -0.2) is 0 Å². The van der Waals surface area contributed by atoms with Gasteiger partial charge in [-0.2, -0.15) is 0 Å². The Kier molecular flexibility index (Phi) is 41.3. The van der Waals surface area contributed by atoms with Crippen LogP contribution in [-0.2, 0) is 9.53 Å². The van der Waals surface area contributed by atoms with Crippen LogP contribution in [0.3, 0.4) is 0 Å². The number of ether oxygens (including phenoxy) is 1. The second-order valence-electron chi connectivity index (χ2n) is 19.8. The number of β-amino-alcohol motifs (C(OH)–C–C–N with tert-alkyl or cyclic N) is 1. The molecule has 1 saturated heterocycles. The first kappa shape index (κ1) is 58.3. The molecular formula is C54H108N2O5. The number of hydrogen-bond donors (Lipinski definition) is 3. The van der Waals surface area contributed by atoms with E-state index in [9.17, 15) is 20.1 Å². The van der Waals surface area contributed by atoms with Crippen molar-refractivity contribution in [1.82, 2.24) is 9.80 Å². The van der Waals surface area contributed by atoms with Gasteiger partial charge >= 0.3 is 5.97 Å². The number of aliphatic hydroxyl groups excluding tert-OH is 3. The Morgan fingerprint density at radius 1 is 0.475 bits per heavy atom. The van der Waals surface area contributed by atoms with Crippen molar-refractivity contribution in [3.05, 3.63) is 0 Å². The summed E-state index contributed by atoms with van der Waals surface area (Å²) in [5, 5.41) is 33.5. The zero-order chi connectivity index (χ0) is 44.4. The molecule has 0 amide bonds. The van der Waals surface area contributed by atoms with Gasteiger partial charge in [-0.15, -0.1) is 0 Å². The summed E-state index contributed by atoms with van der Waals surface area (Å²) in [6.07, 6.45) is 45.0. The molecule has 1 fully saturated rings. The van der Waals surface area contributed by atoms with E-state index in [1.54, 1.807) is 0 Å². The van der Waals surface area contributed by atoms with Crippen LogP contribution in [0.4, 0.5) is 0 Å². The molecule has 61 heavy (non-hydrogen) atoms. The van der Waals surface area contributed by atoms with Crippen LogP contribution in [0.5, 0.6) is 0 Å². The van der Waals surface area contributed by atoms with E-state index in [2.05, 4.69) is 37.5 Å². The van der Waals surface area contributed by atoms with E-state index >= 15 is 0 Å². The predicted octanol–water partition coefficient (Wildman–Crippen LogP) is 14.3. The van der Waals surface area contributed by atoms with Crippen LogP contribution >= 0.6 is 0 Å². The average Bonchev–Trinajstić information content (AvgIpc) is 3.24. The van der Waals surface area contributed by atoms with Crippen molar-refractivity contribution < 1.29 is 24.9 Å². The van der Waals surface area contributed by atoms with Gasteiger partial charge in [-0.1, -0.05) is 233 Å². The van der Waals surface area contributed by atoms with E-state index in [1.165, 1.54) is 180 Å². The largest absolute Gasteiger partial charge is 0.460 e. The van der Waals surface area contributed by atoms with Gasteiger partial charge in [0.25, 0.3) is 0 Å². The number of aliphatic hydroxyl groups is 3. The smallest absolute Gasteiger partial charge is 0.323 e. The summed E-state index contributed by atoms with van der Waals surface area (Å²) in [5.41, 5.74) is 0. The highest BCUT2D eigenvalue weighted by atomic mass is 16.5. The van der Waals surface area contributed by atoms with E-state index in [0.29, 0.717) is 19.6 Å². The maximum Gasteiger partial charge on any atom is 0.323 e. The summed E-state index contributed by atoms with van der Waals surface area (Å²) in [4.78, 5) is 18.2. The molecule has 5 unspecified atom stereocenters. The molecule has 1 aliphatic rings. The van der Waals surface area contributed by atoms with Crippen LogP contribution in [0.25, 0.3) is 0 Å². The molecule has 0 aliphatic carbocycles. The topological polar surface area (TPSA) is 93.5 Å². The molecule has 0 saturated carbocycles. The lowest BCUT2D eigenvalue weighted by Gasteiger charge is -2.39. The molecule has 0 spiro atoms. The number of hydrogen-bond acceptors (Lipinski definition) is 7. The SMILES string of the molecule is CCCCCCCCCCC(O)CN(CCCCC1C(=O)OC(CCCCCCCCCC)CN1CC(O)CCCCCCCCCC)CC(O)CCCCCCCCCC. The Hall–Kier alpha value is -0.730. The summed E-state index contributed by atoms with van der Waals surface area (Å²) >= 11 is 0. The van der Waals surface area contributed by atoms with E-state index in [1.807, 2.05) is 0 Å².